The average Bonchev–Trinajstić information content (AvgIpc) is 2.49. The summed E-state index contributed by atoms with van der Waals surface area (Å²) in [6.07, 6.45) is 1.90. The predicted octanol–water partition coefficient (Wildman–Crippen LogP) is 1.54. The lowest BCUT2D eigenvalue weighted by molar-refractivity contribution is -0.106. The van der Waals surface area contributed by atoms with Gasteiger partial charge in [-0.1, -0.05) is 24.7 Å². The van der Waals surface area contributed by atoms with Crippen LogP contribution < -0.4 is 0 Å². The zero-order valence-electron chi connectivity index (χ0n) is 8.61. The van der Waals surface area contributed by atoms with Crippen LogP contribution in [0.25, 0.3) is 0 Å². The molecule has 0 bridgehead atoms. The van der Waals surface area contributed by atoms with Gasteiger partial charge in [0.25, 0.3) is 0 Å². The highest BCUT2D eigenvalue weighted by molar-refractivity contribution is 7.15. The smallest absolute Gasteiger partial charge is 0.207 e. The van der Waals surface area contributed by atoms with Crippen molar-refractivity contribution in [3.63, 3.8) is 0 Å². The summed E-state index contributed by atoms with van der Waals surface area (Å²) >= 11 is 7.09. The van der Waals surface area contributed by atoms with Crippen LogP contribution in [0.1, 0.15) is 24.8 Å². The zero-order chi connectivity index (χ0) is 10.9. The minimum atomic E-state index is -0.469. The molecule has 0 unspecified atom stereocenters. The normalized spacial score (nSPS) is 20.2. The molecule has 1 aliphatic heterocycles. The van der Waals surface area contributed by atoms with Crippen LogP contribution in [0.15, 0.2) is 0 Å². The van der Waals surface area contributed by atoms with Gasteiger partial charge in [0.15, 0.2) is 0 Å². The Kier molecular flexibility index (Phi) is 3.25. The minimum Gasteiger partial charge on any atom is -0.387 e. The standard InChI is InChI=1S/C9H14ClN3OS/c1-2-3-9(14)5-13(6-9)4-7-11-12-8(10)15-7/h14H,2-6H2,1H3. The van der Waals surface area contributed by atoms with Gasteiger partial charge >= 0.3 is 0 Å². The molecule has 6 heteroatoms. The highest BCUT2D eigenvalue weighted by atomic mass is 35.5. The Labute approximate surface area is 97.9 Å². The van der Waals surface area contributed by atoms with E-state index < -0.39 is 5.60 Å². The molecule has 1 aliphatic rings. The molecule has 1 saturated heterocycles. The highest BCUT2D eigenvalue weighted by Crippen LogP contribution is 2.28. The Hall–Kier alpha value is -0.230. The van der Waals surface area contributed by atoms with E-state index in [9.17, 15) is 5.11 Å². The van der Waals surface area contributed by atoms with Gasteiger partial charge in [-0.3, -0.25) is 4.90 Å². The molecule has 1 N–H and O–H groups in total. The minimum absolute atomic E-state index is 0.469. The van der Waals surface area contributed by atoms with Crippen molar-refractivity contribution in [3.05, 3.63) is 9.47 Å². The molecule has 0 amide bonds. The molecule has 0 radical (unpaired) electrons. The van der Waals surface area contributed by atoms with Crippen LogP contribution in [-0.4, -0.2) is 38.9 Å². The summed E-state index contributed by atoms with van der Waals surface area (Å²) in [6.45, 7) is 4.30. The van der Waals surface area contributed by atoms with Crippen LogP contribution in [0.2, 0.25) is 4.47 Å². The van der Waals surface area contributed by atoms with Gasteiger partial charge in [0, 0.05) is 13.1 Å². The highest BCUT2D eigenvalue weighted by Gasteiger charge is 2.40. The lowest BCUT2D eigenvalue weighted by Gasteiger charge is -2.46. The molecule has 2 heterocycles. The summed E-state index contributed by atoms with van der Waals surface area (Å²) in [7, 11) is 0. The Morgan fingerprint density at radius 1 is 1.53 bits per heavy atom. The quantitative estimate of drug-likeness (QED) is 0.877. The molecule has 2 rings (SSSR count). The van der Waals surface area contributed by atoms with Gasteiger partial charge < -0.3 is 5.11 Å². The van der Waals surface area contributed by atoms with Crippen LogP contribution in [0.3, 0.4) is 0 Å². The van der Waals surface area contributed by atoms with Gasteiger partial charge in [-0.25, -0.2) is 0 Å². The summed E-state index contributed by atoms with van der Waals surface area (Å²) < 4.78 is 0.481. The van der Waals surface area contributed by atoms with Crippen LogP contribution in [0, 0.1) is 0 Å². The summed E-state index contributed by atoms with van der Waals surface area (Å²) in [6, 6.07) is 0. The molecule has 0 saturated carbocycles. The molecule has 84 valence electrons. The number of hydrogen-bond donors (Lipinski definition) is 1. The fourth-order valence-electron chi connectivity index (χ4n) is 2.01. The maximum Gasteiger partial charge on any atom is 0.207 e. The van der Waals surface area contributed by atoms with Crippen molar-refractivity contribution in [3.8, 4) is 0 Å². The van der Waals surface area contributed by atoms with Gasteiger partial charge in [-0.05, 0) is 18.0 Å². The largest absolute Gasteiger partial charge is 0.387 e. The SMILES string of the molecule is CCCC1(O)CN(Cc2nnc(Cl)s2)C1. The maximum absolute atomic E-state index is 9.96. The second kappa shape index (κ2) is 4.33. The fraction of sp³-hybridized carbons (Fsp3) is 0.778. The Bertz CT molecular complexity index is 338. The van der Waals surface area contributed by atoms with E-state index in [0.29, 0.717) is 4.47 Å². The maximum atomic E-state index is 9.96. The predicted molar refractivity (Wildman–Crippen MR) is 60.1 cm³/mol. The summed E-state index contributed by atoms with van der Waals surface area (Å²) in [5, 5.41) is 18.6. The third kappa shape index (κ3) is 2.66. The van der Waals surface area contributed by atoms with E-state index in [0.717, 1.165) is 37.5 Å². The van der Waals surface area contributed by atoms with E-state index in [2.05, 4.69) is 22.0 Å². The molecule has 0 atom stereocenters. The molecule has 1 aromatic rings. The van der Waals surface area contributed by atoms with Gasteiger partial charge in [-0.15, -0.1) is 10.2 Å². The first-order valence-electron chi connectivity index (χ1n) is 5.04. The van der Waals surface area contributed by atoms with Crippen molar-refractivity contribution in [2.75, 3.05) is 13.1 Å². The topological polar surface area (TPSA) is 49.2 Å². The van der Waals surface area contributed by atoms with Crippen LogP contribution in [0.5, 0.6) is 0 Å². The second-order valence-electron chi connectivity index (χ2n) is 4.07. The summed E-state index contributed by atoms with van der Waals surface area (Å²) in [5.74, 6) is 0. The van der Waals surface area contributed by atoms with E-state index >= 15 is 0 Å². The number of aromatic nitrogens is 2. The molecular formula is C9H14ClN3OS. The average molecular weight is 248 g/mol. The number of likely N-dealkylation sites (tertiary alicyclic amines) is 1. The molecule has 4 nitrogen and oxygen atoms in total. The van der Waals surface area contributed by atoms with Crippen molar-refractivity contribution in [2.45, 2.75) is 31.9 Å². The Morgan fingerprint density at radius 2 is 2.27 bits per heavy atom. The van der Waals surface area contributed by atoms with Crippen molar-refractivity contribution >= 4 is 22.9 Å². The van der Waals surface area contributed by atoms with Crippen molar-refractivity contribution < 1.29 is 5.11 Å². The number of halogens is 1. The Morgan fingerprint density at radius 3 is 2.80 bits per heavy atom. The first-order valence-corrected chi connectivity index (χ1v) is 6.23. The number of hydrogen-bond acceptors (Lipinski definition) is 5. The lowest BCUT2D eigenvalue weighted by Crippen LogP contribution is -2.60. The van der Waals surface area contributed by atoms with Crippen molar-refractivity contribution in [1.29, 1.82) is 0 Å². The molecule has 15 heavy (non-hydrogen) atoms. The second-order valence-corrected chi connectivity index (χ2v) is 5.71. The molecule has 0 aromatic carbocycles. The molecule has 0 aliphatic carbocycles. The lowest BCUT2D eigenvalue weighted by atomic mass is 9.89. The molecular weight excluding hydrogens is 234 g/mol. The van der Waals surface area contributed by atoms with E-state index in [1.54, 1.807) is 0 Å². The number of aliphatic hydroxyl groups is 1. The van der Waals surface area contributed by atoms with Gasteiger partial charge in [-0.2, -0.15) is 0 Å². The molecule has 0 spiro atoms. The van der Waals surface area contributed by atoms with Crippen molar-refractivity contribution in [1.82, 2.24) is 15.1 Å². The van der Waals surface area contributed by atoms with E-state index in [-0.39, 0.29) is 0 Å². The fourth-order valence-corrected chi connectivity index (χ4v) is 2.92. The van der Waals surface area contributed by atoms with E-state index in [4.69, 9.17) is 11.6 Å². The summed E-state index contributed by atoms with van der Waals surface area (Å²) in [4.78, 5) is 2.16. The zero-order valence-corrected chi connectivity index (χ0v) is 10.2. The van der Waals surface area contributed by atoms with Crippen LogP contribution >= 0.6 is 22.9 Å². The summed E-state index contributed by atoms with van der Waals surface area (Å²) in [5.41, 5.74) is -0.469. The number of rotatable bonds is 4. The molecule has 1 fully saturated rings. The monoisotopic (exact) mass is 247 g/mol. The Balaban J connectivity index is 1.80. The first-order chi connectivity index (χ1) is 7.11. The van der Waals surface area contributed by atoms with E-state index in [1.807, 2.05) is 0 Å². The number of nitrogens with zero attached hydrogens (tertiary/aromatic N) is 3. The van der Waals surface area contributed by atoms with Crippen molar-refractivity contribution in [2.24, 2.45) is 0 Å². The number of β-amino-alcohol motifs (C(OH)–C–C–N with tert-alkyl or cyclic N) is 1. The van der Waals surface area contributed by atoms with Gasteiger partial charge in [0.1, 0.15) is 5.01 Å². The van der Waals surface area contributed by atoms with Crippen LogP contribution in [0.4, 0.5) is 0 Å². The van der Waals surface area contributed by atoms with Gasteiger partial charge in [0.2, 0.25) is 4.47 Å². The van der Waals surface area contributed by atoms with Gasteiger partial charge in [0.05, 0.1) is 12.1 Å². The third-order valence-corrected chi connectivity index (χ3v) is 3.56. The third-order valence-electron chi connectivity index (χ3n) is 2.55. The van der Waals surface area contributed by atoms with E-state index in [1.165, 1.54) is 11.3 Å². The van der Waals surface area contributed by atoms with Crippen LogP contribution in [-0.2, 0) is 6.54 Å². The molecule has 1 aromatic heterocycles. The first kappa shape index (κ1) is 11.3.